The largest absolute Gasteiger partial charge is 0.307 e. The van der Waals surface area contributed by atoms with Crippen LogP contribution in [0, 0.1) is 5.82 Å². The monoisotopic (exact) mass is 250 g/mol. The predicted octanol–water partition coefficient (Wildman–Crippen LogP) is 2.96. The highest BCUT2D eigenvalue weighted by Gasteiger charge is 2.18. The molecule has 18 heavy (non-hydrogen) atoms. The first-order valence-electron chi connectivity index (χ1n) is 6.86. The maximum absolute atomic E-state index is 13.7. The third-order valence-corrected chi connectivity index (χ3v) is 3.81. The number of halogens is 1. The summed E-state index contributed by atoms with van der Waals surface area (Å²) < 4.78 is 13.7. The van der Waals surface area contributed by atoms with E-state index < -0.39 is 0 Å². The summed E-state index contributed by atoms with van der Waals surface area (Å²) in [6.45, 7) is 4.35. The van der Waals surface area contributed by atoms with E-state index >= 15 is 0 Å². The molecule has 0 aromatic heterocycles. The second-order valence-corrected chi connectivity index (χ2v) is 5.34. The molecule has 1 N–H and O–H groups in total. The van der Waals surface area contributed by atoms with Gasteiger partial charge in [0.15, 0.2) is 0 Å². The quantitative estimate of drug-likeness (QED) is 0.887. The van der Waals surface area contributed by atoms with E-state index in [9.17, 15) is 4.39 Å². The first-order valence-corrected chi connectivity index (χ1v) is 6.86. The van der Waals surface area contributed by atoms with Crippen LogP contribution >= 0.6 is 0 Å². The molecule has 1 aromatic rings. The molecule has 2 atom stereocenters. The Morgan fingerprint density at radius 2 is 2.06 bits per heavy atom. The molecule has 2 nitrogen and oxygen atoms in total. The molecule has 1 aromatic carbocycles. The lowest BCUT2D eigenvalue weighted by molar-refractivity contribution is 0.339. The van der Waals surface area contributed by atoms with Gasteiger partial charge in [-0.2, -0.15) is 0 Å². The van der Waals surface area contributed by atoms with Crippen LogP contribution in [0.2, 0.25) is 0 Å². The standard InChI is InChI=1S/C15H23FN2/c1-12(14-7-3-4-8-15(14)16)17-13-6-5-10-18(2)11-9-13/h3-4,7-8,12-13,17H,5-6,9-11H2,1-2H3. The number of rotatable bonds is 3. The Balaban J connectivity index is 1.94. The van der Waals surface area contributed by atoms with Crippen molar-refractivity contribution < 1.29 is 4.39 Å². The van der Waals surface area contributed by atoms with Gasteiger partial charge >= 0.3 is 0 Å². The van der Waals surface area contributed by atoms with Crippen LogP contribution in [0.4, 0.5) is 4.39 Å². The Morgan fingerprint density at radius 1 is 1.28 bits per heavy atom. The third kappa shape index (κ3) is 3.53. The normalized spacial score (nSPS) is 23.6. The SMILES string of the molecule is CC(NC1CCCN(C)CC1)c1ccccc1F. The lowest BCUT2D eigenvalue weighted by Gasteiger charge is -2.22. The van der Waals surface area contributed by atoms with Crippen LogP contribution in [0.1, 0.15) is 37.8 Å². The summed E-state index contributed by atoms with van der Waals surface area (Å²) in [5, 5.41) is 3.57. The van der Waals surface area contributed by atoms with E-state index in [0.717, 1.165) is 18.5 Å². The van der Waals surface area contributed by atoms with Crippen molar-refractivity contribution in [3.8, 4) is 0 Å². The molecule has 1 aliphatic rings. The van der Waals surface area contributed by atoms with E-state index in [1.807, 2.05) is 19.1 Å². The summed E-state index contributed by atoms with van der Waals surface area (Å²) in [5.41, 5.74) is 0.773. The molecule has 100 valence electrons. The molecule has 1 saturated heterocycles. The van der Waals surface area contributed by atoms with E-state index in [1.165, 1.54) is 25.5 Å². The molecule has 0 bridgehead atoms. The first kappa shape index (κ1) is 13.5. The summed E-state index contributed by atoms with van der Waals surface area (Å²) in [7, 11) is 2.17. The maximum atomic E-state index is 13.7. The zero-order chi connectivity index (χ0) is 13.0. The Hall–Kier alpha value is -0.930. The van der Waals surface area contributed by atoms with Crippen LogP contribution in [-0.4, -0.2) is 31.1 Å². The van der Waals surface area contributed by atoms with E-state index in [0.29, 0.717) is 6.04 Å². The molecular weight excluding hydrogens is 227 g/mol. The Bertz CT molecular complexity index is 381. The smallest absolute Gasteiger partial charge is 0.127 e. The van der Waals surface area contributed by atoms with Crippen molar-refractivity contribution >= 4 is 0 Å². The fraction of sp³-hybridized carbons (Fsp3) is 0.600. The highest BCUT2D eigenvalue weighted by Crippen LogP contribution is 2.19. The van der Waals surface area contributed by atoms with Gasteiger partial charge in [-0.15, -0.1) is 0 Å². The van der Waals surface area contributed by atoms with Gasteiger partial charge in [-0.05, 0) is 52.4 Å². The molecule has 0 amide bonds. The van der Waals surface area contributed by atoms with Crippen molar-refractivity contribution in [1.29, 1.82) is 0 Å². The zero-order valence-electron chi connectivity index (χ0n) is 11.3. The number of likely N-dealkylation sites (tertiary alicyclic amines) is 1. The van der Waals surface area contributed by atoms with E-state index in [-0.39, 0.29) is 11.9 Å². The third-order valence-electron chi connectivity index (χ3n) is 3.81. The van der Waals surface area contributed by atoms with Gasteiger partial charge in [0.2, 0.25) is 0 Å². The number of hydrogen-bond acceptors (Lipinski definition) is 2. The van der Waals surface area contributed by atoms with E-state index in [1.54, 1.807) is 6.07 Å². The highest BCUT2D eigenvalue weighted by molar-refractivity contribution is 5.20. The lowest BCUT2D eigenvalue weighted by Crippen LogP contribution is -2.32. The van der Waals surface area contributed by atoms with Crippen LogP contribution in [-0.2, 0) is 0 Å². The molecule has 0 saturated carbocycles. The highest BCUT2D eigenvalue weighted by atomic mass is 19.1. The molecule has 0 radical (unpaired) electrons. The number of nitrogens with one attached hydrogen (secondary N) is 1. The fourth-order valence-electron chi connectivity index (χ4n) is 2.68. The summed E-state index contributed by atoms with van der Waals surface area (Å²) in [5.74, 6) is -0.108. The summed E-state index contributed by atoms with van der Waals surface area (Å²) in [6.07, 6.45) is 3.55. The second-order valence-electron chi connectivity index (χ2n) is 5.34. The molecule has 1 aliphatic heterocycles. The average Bonchev–Trinajstić information content (AvgIpc) is 2.55. The molecule has 1 heterocycles. The van der Waals surface area contributed by atoms with Gasteiger partial charge in [0.25, 0.3) is 0 Å². The van der Waals surface area contributed by atoms with Gasteiger partial charge in [-0.25, -0.2) is 4.39 Å². The molecule has 1 fully saturated rings. The minimum absolute atomic E-state index is 0.0830. The van der Waals surface area contributed by atoms with Crippen LogP contribution < -0.4 is 5.32 Å². The van der Waals surface area contributed by atoms with Gasteiger partial charge < -0.3 is 10.2 Å². The number of nitrogens with zero attached hydrogens (tertiary/aromatic N) is 1. The van der Waals surface area contributed by atoms with Crippen LogP contribution in [0.25, 0.3) is 0 Å². The zero-order valence-corrected chi connectivity index (χ0v) is 11.3. The van der Waals surface area contributed by atoms with Crippen molar-refractivity contribution in [2.75, 3.05) is 20.1 Å². The number of benzene rings is 1. The van der Waals surface area contributed by atoms with Gasteiger partial charge in [0.1, 0.15) is 5.82 Å². The Labute approximate surface area is 109 Å². The van der Waals surface area contributed by atoms with Crippen LogP contribution in [0.5, 0.6) is 0 Å². The molecule has 3 heteroatoms. The van der Waals surface area contributed by atoms with Gasteiger partial charge in [0, 0.05) is 17.6 Å². The van der Waals surface area contributed by atoms with Gasteiger partial charge in [0.05, 0.1) is 0 Å². The lowest BCUT2D eigenvalue weighted by atomic mass is 10.0. The number of hydrogen-bond donors (Lipinski definition) is 1. The summed E-state index contributed by atoms with van der Waals surface area (Å²) in [4.78, 5) is 2.37. The predicted molar refractivity (Wildman–Crippen MR) is 73.1 cm³/mol. The fourth-order valence-corrected chi connectivity index (χ4v) is 2.68. The molecule has 2 unspecified atom stereocenters. The van der Waals surface area contributed by atoms with Crippen molar-refractivity contribution in [3.63, 3.8) is 0 Å². The van der Waals surface area contributed by atoms with Crippen LogP contribution in [0.15, 0.2) is 24.3 Å². The maximum Gasteiger partial charge on any atom is 0.127 e. The topological polar surface area (TPSA) is 15.3 Å². The molecule has 2 rings (SSSR count). The van der Waals surface area contributed by atoms with Crippen molar-refractivity contribution in [2.24, 2.45) is 0 Å². The van der Waals surface area contributed by atoms with Gasteiger partial charge in [-0.3, -0.25) is 0 Å². The average molecular weight is 250 g/mol. The van der Waals surface area contributed by atoms with Crippen molar-refractivity contribution in [1.82, 2.24) is 10.2 Å². The van der Waals surface area contributed by atoms with Crippen molar-refractivity contribution in [2.45, 2.75) is 38.3 Å². The van der Waals surface area contributed by atoms with Crippen LogP contribution in [0.3, 0.4) is 0 Å². The Morgan fingerprint density at radius 3 is 2.83 bits per heavy atom. The van der Waals surface area contributed by atoms with Gasteiger partial charge in [-0.1, -0.05) is 18.2 Å². The molecular formula is C15H23FN2. The first-order chi connectivity index (χ1) is 8.66. The van der Waals surface area contributed by atoms with E-state index in [2.05, 4.69) is 17.3 Å². The van der Waals surface area contributed by atoms with Crippen molar-refractivity contribution in [3.05, 3.63) is 35.6 Å². The molecule has 0 aliphatic carbocycles. The van der Waals surface area contributed by atoms with E-state index in [4.69, 9.17) is 0 Å². The molecule has 0 spiro atoms. The minimum atomic E-state index is -0.108. The Kier molecular flexibility index (Phi) is 4.72. The summed E-state index contributed by atoms with van der Waals surface area (Å²) >= 11 is 0. The minimum Gasteiger partial charge on any atom is -0.307 e. The summed E-state index contributed by atoms with van der Waals surface area (Å²) in [6, 6.07) is 7.64. The second kappa shape index (κ2) is 6.30.